The lowest BCUT2D eigenvalue weighted by atomic mass is 10.1. The minimum Gasteiger partial charge on any atom is -0.479 e. The standard InChI is InChI=1S/C13H15NO4/c1-9-13(16)14(7-10(15)8-17-2)11-5-3-4-6-12(11)18-9/h3-6,9H,7-8H2,1-2H3. The first kappa shape index (κ1) is 12.6. The number of carbonyl (C=O) groups is 2. The summed E-state index contributed by atoms with van der Waals surface area (Å²) in [7, 11) is 1.45. The van der Waals surface area contributed by atoms with Crippen LogP contribution >= 0.6 is 0 Å². The van der Waals surface area contributed by atoms with E-state index >= 15 is 0 Å². The van der Waals surface area contributed by atoms with Crippen molar-refractivity contribution < 1.29 is 19.1 Å². The van der Waals surface area contributed by atoms with E-state index in [0.29, 0.717) is 11.4 Å². The van der Waals surface area contributed by atoms with Gasteiger partial charge in [0.05, 0.1) is 12.2 Å². The summed E-state index contributed by atoms with van der Waals surface area (Å²) in [6.07, 6.45) is -0.574. The molecule has 96 valence electrons. The molecule has 18 heavy (non-hydrogen) atoms. The third-order valence-electron chi connectivity index (χ3n) is 2.71. The Morgan fingerprint density at radius 2 is 2.17 bits per heavy atom. The highest BCUT2D eigenvalue weighted by Crippen LogP contribution is 2.33. The number of carbonyl (C=O) groups excluding carboxylic acids is 2. The number of hydrogen-bond acceptors (Lipinski definition) is 4. The molecule has 0 saturated carbocycles. The van der Waals surface area contributed by atoms with Crippen LogP contribution in [0.5, 0.6) is 5.75 Å². The number of ketones is 1. The van der Waals surface area contributed by atoms with Gasteiger partial charge in [-0.1, -0.05) is 12.1 Å². The van der Waals surface area contributed by atoms with Gasteiger partial charge >= 0.3 is 0 Å². The van der Waals surface area contributed by atoms with Crippen LogP contribution in [0.1, 0.15) is 6.92 Å². The van der Waals surface area contributed by atoms with Gasteiger partial charge in [-0.3, -0.25) is 14.5 Å². The lowest BCUT2D eigenvalue weighted by Crippen LogP contribution is -2.47. The summed E-state index contributed by atoms with van der Waals surface area (Å²) in [4.78, 5) is 25.1. The fourth-order valence-electron chi connectivity index (χ4n) is 1.90. The molecule has 1 unspecified atom stereocenters. The van der Waals surface area contributed by atoms with Crippen LogP contribution in [0.15, 0.2) is 24.3 Å². The van der Waals surface area contributed by atoms with Crippen LogP contribution in [0.2, 0.25) is 0 Å². The van der Waals surface area contributed by atoms with Gasteiger partial charge < -0.3 is 9.47 Å². The highest BCUT2D eigenvalue weighted by atomic mass is 16.5. The number of amides is 1. The van der Waals surface area contributed by atoms with Crippen molar-refractivity contribution in [2.45, 2.75) is 13.0 Å². The fraction of sp³-hybridized carbons (Fsp3) is 0.385. The largest absolute Gasteiger partial charge is 0.479 e. The number of rotatable bonds is 4. The van der Waals surface area contributed by atoms with Gasteiger partial charge in [0.2, 0.25) is 0 Å². The summed E-state index contributed by atoms with van der Waals surface area (Å²) < 4.78 is 10.3. The van der Waals surface area contributed by atoms with Crippen LogP contribution in [0, 0.1) is 0 Å². The highest BCUT2D eigenvalue weighted by Gasteiger charge is 2.32. The van der Waals surface area contributed by atoms with E-state index in [9.17, 15) is 9.59 Å². The predicted octanol–water partition coefficient (Wildman–Crippen LogP) is 1.02. The number of Topliss-reactive ketones (excluding diaryl/α,β-unsaturated/α-hetero) is 1. The summed E-state index contributed by atoms with van der Waals surface area (Å²) in [6.45, 7) is 1.69. The second-order valence-electron chi connectivity index (χ2n) is 4.12. The van der Waals surface area contributed by atoms with Crippen LogP contribution in [0.4, 0.5) is 5.69 Å². The van der Waals surface area contributed by atoms with E-state index in [-0.39, 0.29) is 24.8 Å². The SMILES string of the molecule is COCC(=O)CN1C(=O)C(C)Oc2ccccc21. The molecule has 2 rings (SSSR count). The molecule has 1 atom stereocenters. The minimum absolute atomic E-state index is 0.00118. The zero-order valence-electron chi connectivity index (χ0n) is 10.4. The van der Waals surface area contributed by atoms with Gasteiger partial charge in [0.15, 0.2) is 11.9 Å². The summed E-state index contributed by atoms with van der Waals surface area (Å²) in [5.41, 5.74) is 0.630. The second kappa shape index (κ2) is 5.18. The van der Waals surface area contributed by atoms with Gasteiger partial charge in [0, 0.05) is 7.11 Å². The zero-order valence-corrected chi connectivity index (χ0v) is 10.4. The van der Waals surface area contributed by atoms with E-state index in [0.717, 1.165) is 0 Å². The van der Waals surface area contributed by atoms with Crippen molar-refractivity contribution in [3.8, 4) is 5.75 Å². The van der Waals surface area contributed by atoms with Crippen LogP contribution in [0.3, 0.4) is 0 Å². The Kier molecular flexibility index (Phi) is 3.62. The van der Waals surface area contributed by atoms with E-state index in [4.69, 9.17) is 9.47 Å². The molecule has 1 aromatic rings. The fourth-order valence-corrected chi connectivity index (χ4v) is 1.90. The number of hydrogen-bond donors (Lipinski definition) is 0. The molecule has 0 saturated heterocycles. The smallest absolute Gasteiger partial charge is 0.268 e. The van der Waals surface area contributed by atoms with E-state index in [1.165, 1.54) is 12.0 Å². The van der Waals surface area contributed by atoms with Gasteiger partial charge in [-0.15, -0.1) is 0 Å². The third kappa shape index (κ3) is 2.36. The Bertz CT molecular complexity index is 472. The topological polar surface area (TPSA) is 55.8 Å². The second-order valence-corrected chi connectivity index (χ2v) is 4.12. The monoisotopic (exact) mass is 249 g/mol. The summed E-state index contributed by atoms with van der Waals surface area (Å²) in [5, 5.41) is 0. The molecule has 0 radical (unpaired) electrons. The molecular formula is C13H15NO4. The molecule has 0 spiro atoms. The Balaban J connectivity index is 2.27. The van der Waals surface area contributed by atoms with E-state index < -0.39 is 6.10 Å². The first-order chi connectivity index (χ1) is 8.63. The van der Waals surface area contributed by atoms with Crippen LogP contribution in [0.25, 0.3) is 0 Å². The molecule has 1 aliphatic heterocycles. The van der Waals surface area contributed by atoms with Gasteiger partial charge in [0.1, 0.15) is 12.4 Å². The molecule has 5 heteroatoms. The minimum atomic E-state index is -0.574. The number of fused-ring (bicyclic) bond motifs is 1. The van der Waals surface area contributed by atoms with Crippen molar-refractivity contribution in [2.75, 3.05) is 25.2 Å². The predicted molar refractivity (Wildman–Crippen MR) is 65.8 cm³/mol. The van der Waals surface area contributed by atoms with Crippen molar-refractivity contribution in [1.29, 1.82) is 0 Å². The van der Waals surface area contributed by atoms with E-state index in [1.807, 2.05) is 6.07 Å². The molecule has 0 N–H and O–H groups in total. The molecule has 5 nitrogen and oxygen atoms in total. The number of ether oxygens (including phenoxy) is 2. The first-order valence-electron chi connectivity index (χ1n) is 5.71. The van der Waals surface area contributed by atoms with Crippen LogP contribution in [-0.2, 0) is 14.3 Å². The molecule has 1 amide bonds. The van der Waals surface area contributed by atoms with Gasteiger partial charge in [-0.05, 0) is 19.1 Å². The summed E-state index contributed by atoms with van der Waals surface area (Å²) in [6, 6.07) is 7.18. The molecule has 1 heterocycles. The molecule has 0 bridgehead atoms. The van der Waals surface area contributed by atoms with Crippen molar-refractivity contribution in [3.05, 3.63) is 24.3 Å². The quantitative estimate of drug-likeness (QED) is 0.799. The number of methoxy groups -OCH3 is 1. The molecule has 0 fully saturated rings. The number of benzene rings is 1. The average Bonchev–Trinajstić information content (AvgIpc) is 2.35. The lowest BCUT2D eigenvalue weighted by molar-refractivity contribution is -0.128. The summed E-state index contributed by atoms with van der Waals surface area (Å²) in [5.74, 6) is 0.266. The van der Waals surface area contributed by atoms with E-state index in [2.05, 4.69) is 0 Å². The Labute approximate surface area is 105 Å². The van der Waals surface area contributed by atoms with Crippen molar-refractivity contribution in [3.63, 3.8) is 0 Å². The Morgan fingerprint density at radius 3 is 2.89 bits per heavy atom. The average molecular weight is 249 g/mol. The van der Waals surface area contributed by atoms with Gasteiger partial charge in [0.25, 0.3) is 5.91 Å². The molecule has 1 aromatic carbocycles. The maximum atomic E-state index is 12.0. The van der Waals surface area contributed by atoms with Gasteiger partial charge in [-0.2, -0.15) is 0 Å². The molecule has 0 aromatic heterocycles. The number of nitrogens with zero attached hydrogens (tertiary/aromatic N) is 1. The molecular weight excluding hydrogens is 234 g/mol. The first-order valence-corrected chi connectivity index (χ1v) is 5.71. The normalized spacial score (nSPS) is 18.2. The zero-order chi connectivity index (χ0) is 13.1. The lowest BCUT2D eigenvalue weighted by Gasteiger charge is -2.32. The van der Waals surface area contributed by atoms with Crippen molar-refractivity contribution in [2.24, 2.45) is 0 Å². The Morgan fingerprint density at radius 1 is 1.44 bits per heavy atom. The maximum Gasteiger partial charge on any atom is 0.268 e. The van der Waals surface area contributed by atoms with E-state index in [1.54, 1.807) is 25.1 Å². The highest BCUT2D eigenvalue weighted by molar-refractivity contribution is 6.04. The maximum absolute atomic E-state index is 12.0. The van der Waals surface area contributed by atoms with Crippen LogP contribution in [-0.4, -0.2) is 38.1 Å². The van der Waals surface area contributed by atoms with Gasteiger partial charge in [-0.25, -0.2) is 0 Å². The number of para-hydroxylation sites is 2. The number of anilines is 1. The molecule has 1 aliphatic rings. The van der Waals surface area contributed by atoms with Crippen molar-refractivity contribution in [1.82, 2.24) is 0 Å². The Hall–Kier alpha value is -1.88. The third-order valence-corrected chi connectivity index (χ3v) is 2.71. The van der Waals surface area contributed by atoms with Crippen molar-refractivity contribution >= 4 is 17.4 Å². The summed E-state index contributed by atoms with van der Waals surface area (Å²) >= 11 is 0. The molecule has 0 aliphatic carbocycles. The van der Waals surface area contributed by atoms with Crippen LogP contribution < -0.4 is 9.64 Å².